The molecule has 0 saturated heterocycles. The zero-order valence-electron chi connectivity index (χ0n) is 19.8. The summed E-state index contributed by atoms with van der Waals surface area (Å²) in [5.41, 5.74) is 4.71. The molecule has 2 aromatic rings. The molecule has 3 N–H and O–H groups in total. The lowest BCUT2D eigenvalue weighted by molar-refractivity contribution is -0.119. The SMILES string of the molecule is CCCN(CC)CCCNC(C)=O.Cc1cc(C)c(/C=C2\C(=O)Nc3ccc(F)cc32)[nH]1. The number of amides is 2. The maximum Gasteiger partial charge on any atom is 0.256 e. The van der Waals surface area contributed by atoms with Crippen LogP contribution in [-0.2, 0) is 9.59 Å². The Bertz CT molecular complexity index is 965. The molecule has 0 unspecified atom stereocenters. The molecule has 6 nitrogen and oxygen atoms in total. The van der Waals surface area contributed by atoms with Crippen LogP contribution in [0.15, 0.2) is 24.3 Å². The van der Waals surface area contributed by atoms with Gasteiger partial charge in [-0.2, -0.15) is 0 Å². The fraction of sp³-hybridized carbons (Fsp3) is 0.440. The monoisotopic (exact) mass is 442 g/mol. The molecule has 0 bridgehead atoms. The summed E-state index contributed by atoms with van der Waals surface area (Å²) in [6, 6.07) is 6.30. The number of fused-ring (bicyclic) bond motifs is 1. The second-order valence-corrected chi connectivity index (χ2v) is 8.02. The molecule has 2 heterocycles. The van der Waals surface area contributed by atoms with Crippen molar-refractivity contribution in [2.75, 3.05) is 31.5 Å². The van der Waals surface area contributed by atoms with Gasteiger partial charge >= 0.3 is 0 Å². The van der Waals surface area contributed by atoms with Crippen molar-refractivity contribution in [1.82, 2.24) is 15.2 Å². The van der Waals surface area contributed by atoms with Crippen molar-refractivity contribution in [2.24, 2.45) is 0 Å². The zero-order valence-corrected chi connectivity index (χ0v) is 19.8. The van der Waals surface area contributed by atoms with E-state index < -0.39 is 0 Å². The maximum atomic E-state index is 13.3. The summed E-state index contributed by atoms with van der Waals surface area (Å²) in [7, 11) is 0. The van der Waals surface area contributed by atoms with Crippen molar-refractivity contribution in [1.29, 1.82) is 0 Å². The lowest BCUT2D eigenvalue weighted by atomic mass is 10.1. The molecule has 1 aromatic heterocycles. The number of rotatable bonds is 8. The van der Waals surface area contributed by atoms with E-state index in [1.165, 1.54) is 18.6 Å². The summed E-state index contributed by atoms with van der Waals surface area (Å²) in [6.45, 7) is 14.0. The average Bonchev–Trinajstić information content (AvgIpc) is 3.22. The summed E-state index contributed by atoms with van der Waals surface area (Å²) in [4.78, 5) is 28.1. The van der Waals surface area contributed by atoms with Crippen molar-refractivity contribution in [3.63, 3.8) is 0 Å². The number of aryl methyl sites for hydroxylation is 2. The first-order chi connectivity index (χ1) is 15.2. The zero-order chi connectivity index (χ0) is 23.7. The Morgan fingerprint density at radius 3 is 2.53 bits per heavy atom. The fourth-order valence-corrected chi connectivity index (χ4v) is 3.66. The van der Waals surface area contributed by atoms with Crippen LogP contribution in [-0.4, -0.2) is 47.9 Å². The smallest absolute Gasteiger partial charge is 0.256 e. The van der Waals surface area contributed by atoms with E-state index in [2.05, 4.69) is 34.4 Å². The highest BCUT2D eigenvalue weighted by Gasteiger charge is 2.24. The molecule has 3 rings (SSSR count). The predicted molar refractivity (Wildman–Crippen MR) is 129 cm³/mol. The first-order valence-corrected chi connectivity index (χ1v) is 11.2. The fourth-order valence-electron chi connectivity index (χ4n) is 3.66. The van der Waals surface area contributed by atoms with Gasteiger partial charge < -0.3 is 20.5 Å². The number of hydrogen-bond donors (Lipinski definition) is 3. The van der Waals surface area contributed by atoms with Gasteiger partial charge in [0.1, 0.15) is 5.82 Å². The Morgan fingerprint density at radius 1 is 1.19 bits per heavy atom. The lowest BCUT2D eigenvalue weighted by Crippen LogP contribution is -2.29. The largest absolute Gasteiger partial charge is 0.359 e. The average molecular weight is 443 g/mol. The van der Waals surface area contributed by atoms with Gasteiger partial charge in [-0.1, -0.05) is 13.8 Å². The number of anilines is 1. The van der Waals surface area contributed by atoms with E-state index in [4.69, 9.17) is 0 Å². The molecule has 7 heteroatoms. The first-order valence-electron chi connectivity index (χ1n) is 11.2. The number of aromatic nitrogens is 1. The Labute approximate surface area is 190 Å². The molecule has 32 heavy (non-hydrogen) atoms. The number of nitrogens with zero attached hydrogens (tertiary/aromatic N) is 1. The van der Waals surface area contributed by atoms with Crippen LogP contribution in [0, 0.1) is 19.7 Å². The maximum absolute atomic E-state index is 13.3. The number of aromatic amines is 1. The van der Waals surface area contributed by atoms with Crippen LogP contribution in [0.5, 0.6) is 0 Å². The number of carbonyl (C=O) groups excluding carboxylic acids is 2. The Hall–Kier alpha value is -2.93. The van der Waals surface area contributed by atoms with Crippen molar-refractivity contribution in [3.8, 4) is 0 Å². The molecule has 1 aliphatic rings. The molecule has 1 aliphatic heterocycles. The minimum atomic E-state index is -0.347. The third-order valence-electron chi connectivity index (χ3n) is 5.26. The van der Waals surface area contributed by atoms with Gasteiger partial charge in [0, 0.05) is 36.1 Å². The van der Waals surface area contributed by atoms with Crippen LogP contribution in [0.25, 0.3) is 11.6 Å². The first kappa shape index (κ1) is 25.3. The highest BCUT2D eigenvalue weighted by Crippen LogP contribution is 2.33. The van der Waals surface area contributed by atoms with Gasteiger partial charge in [-0.3, -0.25) is 9.59 Å². The molecule has 0 fully saturated rings. The van der Waals surface area contributed by atoms with Crippen LogP contribution in [0.1, 0.15) is 56.1 Å². The second kappa shape index (κ2) is 12.2. The van der Waals surface area contributed by atoms with Gasteiger partial charge in [-0.15, -0.1) is 0 Å². The van der Waals surface area contributed by atoms with Crippen LogP contribution in [0.3, 0.4) is 0 Å². The van der Waals surface area contributed by atoms with E-state index in [1.807, 2.05) is 19.9 Å². The molecular formula is C25H35FN4O2. The predicted octanol–water partition coefficient (Wildman–Crippen LogP) is 4.51. The number of hydrogen-bond acceptors (Lipinski definition) is 3. The summed E-state index contributed by atoms with van der Waals surface area (Å²) >= 11 is 0. The van der Waals surface area contributed by atoms with E-state index in [-0.39, 0.29) is 17.6 Å². The van der Waals surface area contributed by atoms with Crippen molar-refractivity contribution < 1.29 is 14.0 Å². The molecule has 0 saturated carbocycles. The summed E-state index contributed by atoms with van der Waals surface area (Å²) in [5.74, 6) is -0.480. The van der Waals surface area contributed by atoms with Crippen molar-refractivity contribution >= 4 is 29.2 Å². The molecule has 1 aromatic carbocycles. The van der Waals surface area contributed by atoms with E-state index in [0.717, 1.165) is 49.6 Å². The Morgan fingerprint density at radius 2 is 1.94 bits per heavy atom. The standard InChI is InChI=1S/C15H13FN2O.C10H22N2O/c1-8-5-9(2)17-14(8)7-12-11-6-10(16)3-4-13(11)18-15(12)19;1-4-8-12(5-2)9-6-7-11-10(3)13/h3-7,17H,1-2H3,(H,18,19);4-9H2,1-3H3,(H,11,13)/b12-7-;. The summed E-state index contributed by atoms with van der Waals surface area (Å²) in [6.07, 6.45) is 4.02. The van der Waals surface area contributed by atoms with Gasteiger partial charge in [-0.05, 0) is 82.2 Å². The highest BCUT2D eigenvalue weighted by atomic mass is 19.1. The molecule has 0 aliphatic carbocycles. The topological polar surface area (TPSA) is 77.2 Å². The number of benzene rings is 1. The van der Waals surface area contributed by atoms with Crippen molar-refractivity contribution in [3.05, 3.63) is 52.6 Å². The van der Waals surface area contributed by atoms with Gasteiger partial charge in [0.25, 0.3) is 5.91 Å². The normalized spacial score (nSPS) is 13.6. The second-order valence-electron chi connectivity index (χ2n) is 8.02. The van der Waals surface area contributed by atoms with Gasteiger partial charge in [0.2, 0.25) is 5.91 Å². The lowest BCUT2D eigenvalue weighted by Gasteiger charge is -2.19. The van der Waals surface area contributed by atoms with E-state index >= 15 is 0 Å². The Kier molecular flexibility index (Phi) is 9.65. The number of carbonyl (C=O) groups is 2. The summed E-state index contributed by atoms with van der Waals surface area (Å²) < 4.78 is 13.3. The Balaban J connectivity index is 0.000000247. The van der Waals surface area contributed by atoms with Gasteiger partial charge in [0.15, 0.2) is 0 Å². The number of halogens is 1. The van der Waals surface area contributed by atoms with Crippen LogP contribution in [0.2, 0.25) is 0 Å². The third-order valence-corrected chi connectivity index (χ3v) is 5.26. The number of nitrogens with one attached hydrogen (secondary N) is 3. The molecule has 0 radical (unpaired) electrons. The third kappa shape index (κ3) is 7.34. The van der Waals surface area contributed by atoms with E-state index in [1.54, 1.807) is 19.1 Å². The van der Waals surface area contributed by atoms with Crippen LogP contribution >= 0.6 is 0 Å². The van der Waals surface area contributed by atoms with Gasteiger partial charge in [-0.25, -0.2) is 4.39 Å². The van der Waals surface area contributed by atoms with E-state index in [9.17, 15) is 14.0 Å². The molecule has 0 atom stereocenters. The quantitative estimate of drug-likeness (QED) is 0.416. The van der Waals surface area contributed by atoms with Gasteiger partial charge in [0.05, 0.1) is 5.57 Å². The minimum absolute atomic E-state index is 0.0681. The molecular weight excluding hydrogens is 407 g/mol. The highest BCUT2D eigenvalue weighted by molar-refractivity contribution is 6.34. The van der Waals surface area contributed by atoms with Crippen LogP contribution in [0.4, 0.5) is 10.1 Å². The number of H-pyrrole nitrogens is 1. The van der Waals surface area contributed by atoms with Crippen molar-refractivity contribution in [2.45, 2.75) is 47.5 Å². The van der Waals surface area contributed by atoms with E-state index in [0.29, 0.717) is 16.8 Å². The molecule has 174 valence electrons. The van der Waals surface area contributed by atoms with Crippen LogP contribution < -0.4 is 10.6 Å². The minimum Gasteiger partial charge on any atom is -0.359 e. The summed E-state index contributed by atoms with van der Waals surface area (Å²) in [5, 5.41) is 5.53. The molecule has 2 amide bonds. The molecule has 0 spiro atoms.